The number of sulfonamides is 1. The van der Waals surface area contributed by atoms with Crippen LogP contribution < -0.4 is 0 Å². The summed E-state index contributed by atoms with van der Waals surface area (Å²) >= 11 is 0. The van der Waals surface area contributed by atoms with Gasteiger partial charge in [-0.15, -0.1) is 0 Å². The van der Waals surface area contributed by atoms with Gasteiger partial charge in [0.25, 0.3) is 0 Å². The molecule has 22 heavy (non-hydrogen) atoms. The maximum atomic E-state index is 11.9. The number of nitrogens with zero attached hydrogens (tertiary/aromatic N) is 1. The largest absolute Gasteiger partial charge is 0.213 e. The maximum absolute atomic E-state index is 11.9. The topological polar surface area (TPSA) is 37.4 Å². The molecule has 0 amide bonds. The number of fused-ring (bicyclic) bond motifs is 5. The first-order valence-electron chi connectivity index (χ1n) is 9.16. The van der Waals surface area contributed by atoms with Crippen LogP contribution in [0.1, 0.15) is 44.9 Å². The van der Waals surface area contributed by atoms with Crippen LogP contribution in [-0.2, 0) is 10.0 Å². The Morgan fingerprint density at radius 1 is 0.864 bits per heavy atom. The second kappa shape index (κ2) is 5.62. The van der Waals surface area contributed by atoms with Gasteiger partial charge in [-0.25, -0.2) is 12.7 Å². The Morgan fingerprint density at radius 3 is 2.41 bits per heavy atom. The summed E-state index contributed by atoms with van der Waals surface area (Å²) in [4.78, 5) is 0. The van der Waals surface area contributed by atoms with E-state index in [2.05, 4.69) is 12.2 Å². The molecule has 6 atom stereocenters. The Labute approximate surface area is 135 Å². The molecule has 0 aromatic carbocycles. The molecule has 3 nitrogen and oxygen atoms in total. The molecule has 3 aliphatic carbocycles. The van der Waals surface area contributed by atoms with E-state index in [0.717, 1.165) is 61.4 Å². The van der Waals surface area contributed by atoms with Crippen LogP contribution in [0, 0.1) is 35.5 Å². The Morgan fingerprint density at radius 2 is 1.59 bits per heavy atom. The summed E-state index contributed by atoms with van der Waals surface area (Å²) in [6.07, 6.45) is 15.3. The first-order valence-corrected chi connectivity index (χ1v) is 11.0. The second-order valence-corrected chi connectivity index (χ2v) is 10.1. The molecule has 2 saturated carbocycles. The molecular weight excluding hydrogens is 294 g/mol. The Kier molecular flexibility index (Phi) is 3.88. The van der Waals surface area contributed by atoms with Crippen molar-refractivity contribution in [3.05, 3.63) is 12.2 Å². The third kappa shape index (κ3) is 2.56. The van der Waals surface area contributed by atoms with Crippen LogP contribution in [0.3, 0.4) is 0 Å². The number of hydrogen-bond acceptors (Lipinski definition) is 2. The van der Waals surface area contributed by atoms with Crippen molar-refractivity contribution < 1.29 is 8.42 Å². The average molecular weight is 324 g/mol. The van der Waals surface area contributed by atoms with E-state index in [1.165, 1.54) is 38.4 Å². The molecule has 1 saturated heterocycles. The molecular formula is C18H29NO2S. The van der Waals surface area contributed by atoms with E-state index in [-0.39, 0.29) is 0 Å². The highest BCUT2D eigenvalue weighted by Gasteiger charge is 2.47. The van der Waals surface area contributed by atoms with Crippen LogP contribution in [0.2, 0.25) is 0 Å². The van der Waals surface area contributed by atoms with E-state index in [9.17, 15) is 8.42 Å². The number of hydrogen-bond donors (Lipinski definition) is 0. The first-order chi connectivity index (χ1) is 10.5. The standard InChI is InChI=1S/C18H29NO2S/c1-22(20,21)19-11-9-14-6-8-17-15-4-2-3-13(15)5-7-18(17)16(14)10-12-19/h2-3,13-18H,4-12H2,1H3. The molecule has 1 heterocycles. The minimum Gasteiger partial charge on any atom is -0.213 e. The predicted octanol–water partition coefficient (Wildman–Crippen LogP) is 3.29. The van der Waals surface area contributed by atoms with Gasteiger partial charge in [0, 0.05) is 13.1 Å². The molecule has 0 radical (unpaired) electrons. The van der Waals surface area contributed by atoms with Gasteiger partial charge in [0.05, 0.1) is 6.26 Å². The molecule has 4 aliphatic rings. The second-order valence-electron chi connectivity index (χ2n) is 8.14. The van der Waals surface area contributed by atoms with Gasteiger partial charge in [-0.3, -0.25) is 0 Å². The lowest BCUT2D eigenvalue weighted by atomic mass is 9.55. The number of rotatable bonds is 1. The summed E-state index contributed by atoms with van der Waals surface area (Å²) in [5.74, 6) is 5.12. The maximum Gasteiger partial charge on any atom is 0.211 e. The van der Waals surface area contributed by atoms with Crippen molar-refractivity contribution in [2.75, 3.05) is 19.3 Å². The molecule has 6 unspecified atom stereocenters. The molecule has 1 aliphatic heterocycles. The lowest BCUT2D eigenvalue weighted by Gasteiger charge is -2.50. The molecule has 4 heteroatoms. The van der Waals surface area contributed by atoms with Gasteiger partial charge < -0.3 is 0 Å². The Bertz CT molecular complexity index is 555. The fourth-order valence-corrected chi connectivity index (χ4v) is 7.11. The van der Waals surface area contributed by atoms with Crippen molar-refractivity contribution in [3.63, 3.8) is 0 Å². The zero-order chi connectivity index (χ0) is 15.3. The average Bonchev–Trinajstić information content (AvgIpc) is 2.84. The quantitative estimate of drug-likeness (QED) is 0.694. The third-order valence-corrected chi connectivity index (χ3v) is 8.53. The Balaban J connectivity index is 1.52. The molecule has 4 rings (SSSR count). The fourth-order valence-electron chi connectivity index (χ4n) is 6.23. The minimum atomic E-state index is -3.01. The van der Waals surface area contributed by atoms with Crippen LogP contribution in [0.5, 0.6) is 0 Å². The van der Waals surface area contributed by atoms with Crippen molar-refractivity contribution >= 4 is 10.0 Å². The van der Waals surface area contributed by atoms with Crippen molar-refractivity contribution in [2.45, 2.75) is 44.9 Å². The van der Waals surface area contributed by atoms with E-state index < -0.39 is 10.0 Å². The third-order valence-electron chi connectivity index (χ3n) is 7.23. The molecule has 0 N–H and O–H groups in total. The SMILES string of the molecule is CS(=O)(=O)N1CCC2CCC3C4CC=CC4CCC3C2CC1. The zero-order valence-corrected chi connectivity index (χ0v) is 14.5. The summed E-state index contributed by atoms with van der Waals surface area (Å²) in [6, 6.07) is 0. The highest BCUT2D eigenvalue weighted by atomic mass is 32.2. The van der Waals surface area contributed by atoms with E-state index in [1.54, 1.807) is 4.31 Å². The van der Waals surface area contributed by atoms with Gasteiger partial charge in [-0.05, 0) is 80.5 Å². The van der Waals surface area contributed by atoms with Gasteiger partial charge in [0.15, 0.2) is 0 Å². The fraction of sp³-hybridized carbons (Fsp3) is 0.889. The van der Waals surface area contributed by atoms with Gasteiger partial charge in [-0.2, -0.15) is 0 Å². The van der Waals surface area contributed by atoms with Crippen molar-refractivity contribution in [1.82, 2.24) is 4.31 Å². The van der Waals surface area contributed by atoms with Crippen LogP contribution in [-0.4, -0.2) is 32.1 Å². The van der Waals surface area contributed by atoms with Gasteiger partial charge in [0.2, 0.25) is 10.0 Å². The lowest BCUT2D eigenvalue weighted by Crippen LogP contribution is -2.42. The minimum absolute atomic E-state index is 0.755. The van der Waals surface area contributed by atoms with Crippen LogP contribution in [0.4, 0.5) is 0 Å². The summed E-state index contributed by atoms with van der Waals surface area (Å²) < 4.78 is 25.5. The van der Waals surface area contributed by atoms with Crippen LogP contribution in [0.15, 0.2) is 12.2 Å². The van der Waals surface area contributed by atoms with Gasteiger partial charge in [-0.1, -0.05) is 12.2 Å². The van der Waals surface area contributed by atoms with E-state index >= 15 is 0 Å². The highest BCUT2D eigenvalue weighted by molar-refractivity contribution is 7.88. The molecule has 0 aromatic rings. The van der Waals surface area contributed by atoms with Crippen LogP contribution in [0.25, 0.3) is 0 Å². The number of allylic oxidation sites excluding steroid dienone is 2. The summed E-state index contributed by atoms with van der Waals surface area (Å²) in [5.41, 5.74) is 0. The molecule has 0 aromatic heterocycles. The van der Waals surface area contributed by atoms with Crippen molar-refractivity contribution in [3.8, 4) is 0 Å². The summed E-state index contributed by atoms with van der Waals surface area (Å²) in [7, 11) is -3.01. The monoisotopic (exact) mass is 323 g/mol. The Hall–Kier alpha value is -0.350. The summed E-state index contributed by atoms with van der Waals surface area (Å²) in [6.45, 7) is 1.51. The van der Waals surface area contributed by atoms with Crippen molar-refractivity contribution in [1.29, 1.82) is 0 Å². The first kappa shape index (κ1) is 15.2. The normalized spacial score (nSPS) is 45.7. The van der Waals surface area contributed by atoms with Crippen LogP contribution >= 0.6 is 0 Å². The van der Waals surface area contributed by atoms with E-state index in [4.69, 9.17) is 0 Å². The van der Waals surface area contributed by atoms with Gasteiger partial charge >= 0.3 is 0 Å². The van der Waals surface area contributed by atoms with Crippen molar-refractivity contribution in [2.24, 2.45) is 35.5 Å². The molecule has 124 valence electrons. The lowest BCUT2D eigenvalue weighted by molar-refractivity contribution is 0.00303. The highest BCUT2D eigenvalue weighted by Crippen LogP contribution is 2.55. The van der Waals surface area contributed by atoms with E-state index in [1.807, 2.05) is 0 Å². The zero-order valence-electron chi connectivity index (χ0n) is 13.7. The predicted molar refractivity (Wildman–Crippen MR) is 88.8 cm³/mol. The molecule has 3 fully saturated rings. The van der Waals surface area contributed by atoms with Gasteiger partial charge in [0.1, 0.15) is 0 Å². The molecule has 0 spiro atoms. The van der Waals surface area contributed by atoms with E-state index in [0.29, 0.717) is 0 Å². The summed E-state index contributed by atoms with van der Waals surface area (Å²) in [5, 5.41) is 0. The smallest absolute Gasteiger partial charge is 0.211 e. The molecule has 0 bridgehead atoms.